The summed E-state index contributed by atoms with van der Waals surface area (Å²) in [5.41, 5.74) is 1.51. The monoisotopic (exact) mass is 183 g/mol. The molecule has 1 rings (SSSR count). The van der Waals surface area contributed by atoms with Crippen LogP contribution in [0.4, 0.5) is 0 Å². The van der Waals surface area contributed by atoms with Crippen molar-refractivity contribution in [1.82, 2.24) is 4.98 Å². The van der Waals surface area contributed by atoms with Gasteiger partial charge in [-0.15, -0.1) is 11.6 Å². The molecule has 0 atom stereocenters. The van der Waals surface area contributed by atoms with Crippen LogP contribution in [0.15, 0.2) is 18.3 Å². The normalized spacial score (nSPS) is 9.75. The Balaban J connectivity index is 2.75. The SMILES string of the molecule is O=Cc1ncccc1CCCCl. The minimum atomic E-state index is 0.530. The Morgan fingerprint density at radius 3 is 3.08 bits per heavy atom. The van der Waals surface area contributed by atoms with Crippen molar-refractivity contribution >= 4 is 17.9 Å². The molecule has 0 spiro atoms. The van der Waals surface area contributed by atoms with Gasteiger partial charge in [-0.1, -0.05) is 6.07 Å². The molecule has 3 heteroatoms. The highest BCUT2D eigenvalue weighted by molar-refractivity contribution is 6.17. The highest BCUT2D eigenvalue weighted by Crippen LogP contribution is 2.06. The number of hydrogen-bond acceptors (Lipinski definition) is 2. The van der Waals surface area contributed by atoms with Crippen LogP contribution in [0.5, 0.6) is 0 Å². The highest BCUT2D eigenvalue weighted by Gasteiger charge is 2.00. The van der Waals surface area contributed by atoms with Crippen LogP contribution in [-0.4, -0.2) is 17.2 Å². The molecule has 0 saturated heterocycles. The number of aromatic nitrogens is 1. The van der Waals surface area contributed by atoms with E-state index in [0.717, 1.165) is 24.7 Å². The maximum Gasteiger partial charge on any atom is 0.168 e. The number of aldehydes is 1. The predicted octanol–water partition coefficient (Wildman–Crippen LogP) is 2.07. The Morgan fingerprint density at radius 2 is 2.42 bits per heavy atom. The molecule has 0 aliphatic heterocycles. The number of halogens is 1. The third kappa shape index (κ3) is 2.31. The maximum atomic E-state index is 10.5. The van der Waals surface area contributed by atoms with Gasteiger partial charge in [-0.05, 0) is 24.5 Å². The van der Waals surface area contributed by atoms with Crippen LogP contribution in [-0.2, 0) is 6.42 Å². The lowest BCUT2D eigenvalue weighted by Crippen LogP contribution is -1.96. The molecule has 2 nitrogen and oxygen atoms in total. The van der Waals surface area contributed by atoms with Gasteiger partial charge in [-0.3, -0.25) is 9.78 Å². The number of hydrogen-bond donors (Lipinski definition) is 0. The van der Waals surface area contributed by atoms with E-state index in [0.29, 0.717) is 11.6 Å². The summed E-state index contributed by atoms with van der Waals surface area (Å²) in [6.07, 6.45) is 4.11. The third-order valence-corrected chi connectivity index (χ3v) is 1.88. The molecule has 64 valence electrons. The molecule has 0 aliphatic rings. The van der Waals surface area contributed by atoms with E-state index in [2.05, 4.69) is 4.98 Å². The molecular weight excluding hydrogens is 174 g/mol. The van der Waals surface area contributed by atoms with E-state index >= 15 is 0 Å². The first-order valence-electron chi connectivity index (χ1n) is 3.83. The average Bonchev–Trinajstić information content (AvgIpc) is 2.15. The van der Waals surface area contributed by atoms with E-state index in [-0.39, 0.29) is 0 Å². The third-order valence-electron chi connectivity index (χ3n) is 1.62. The lowest BCUT2D eigenvalue weighted by molar-refractivity contribution is 0.111. The molecule has 0 amide bonds. The van der Waals surface area contributed by atoms with Gasteiger partial charge in [0, 0.05) is 12.1 Å². The zero-order valence-electron chi connectivity index (χ0n) is 6.66. The highest BCUT2D eigenvalue weighted by atomic mass is 35.5. The van der Waals surface area contributed by atoms with Gasteiger partial charge in [-0.25, -0.2) is 0 Å². The van der Waals surface area contributed by atoms with Crippen molar-refractivity contribution < 1.29 is 4.79 Å². The van der Waals surface area contributed by atoms with Crippen LogP contribution in [0.2, 0.25) is 0 Å². The van der Waals surface area contributed by atoms with Crippen molar-refractivity contribution in [3.63, 3.8) is 0 Å². The van der Waals surface area contributed by atoms with Crippen LogP contribution in [0, 0.1) is 0 Å². The molecule has 0 aromatic carbocycles. The number of carbonyl (C=O) groups excluding carboxylic acids is 1. The maximum absolute atomic E-state index is 10.5. The second kappa shape index (κ2) is 4.88. The molecule has 0 radical (unpaired) electrons. The first kappa shape index (κ1) is 9.20. The van der Waals surface area contributed by atoms with Crippen LogP contribution in [0.1, 0.15) is 22.5 Å². The molecule has 1 aromatic rings. The number of rotatable bonds is 4. The number of aryl methyl sites for hydroxylation is 1. The summed E-state index contributed by atoms with van der Waals surface area (Å²) in [6.45, 7) is 0. The Bertz CT molecular complexity index is 262. The van der Waals surface area contributed by atoms with Gasteiger partial charge in [0.1, 0.15) is 5.69 Å². The van der Waals surface area contributed by atoms with Gasteiger partial charge in [0.25, 0.3) is 0 Å². The largest absolute Gasteiger partial charge is 0.296 e. The molecule has 12 heavy (non-hydrogen) atoms. The quantitative estimate of drug-likeness (QED) is 0.529. The molecule has 0 bridgehead atoms. The van der Waals surface area contributed by atoms with Crippen molar-refractivity contribution in [1.29, 1.82) is 0 Å². The zero-order valence-corrected chi connectivity index (χ0v) is 7.42. The molecule has 0 N–H and O–H groups in total. The Morgan fingerprint density at radius 1 is 1.58 bits per heavy atom. The predicted molar refractivity (Wildman–Crippen MR) is 48.7 cm³/mol. The molecule has 0 unspecified atom stereocenters. The van der Waals surface area contributed by atoms with E-state index in [9.17, 15) is 4.79 Å². The first-order chi connectivity index (χ1) is 5.88. The summed E-state index contributed by atoms with van der Waals surface area (Å²) in [6, 6.07) is 3.74. The summed E-state index contributed by atoms with van der Waals surface area (Å²) in [7, 11) is 0. The number of alkyl halides is 1. The van der Waals surface area contributed by atoms with Crippen molar-refractivity contribution in [3.8, 4) is 0 Å². The standard InChI is InChI=1S/C9H10ClNO/c10-5-1-3-8-4-2-6-11-9(8)7-12/h2,4,6-7H,1,3,5H2. The van der Waals surface area contributed by atoms with Crippen molar-refractivity contribution in [2.75, 3.05) is 5.88 Å². The summed E-state index contributed by atoms with van der Waals surface area (Å²) in [5, 5.41) is 0. The molecule has 0 saturated carbocycles. The fraction of sp³-hybridized carbons (Fsp3) is 0.333. The topological polar surface area (TPSA) is 30.0 Å². The smallest absolute Gasteiger partial charge is 0.168 e. The Labute approximate surface area is 76.6 Å². The Hall–Kier alpha value is -0.890. The molecule has 0 aliphatic carbocycles. The minimum Gasteiger partial charge on any atom is -0.296 e. The lowest BCUT2D eigenvalue weighted by Gasteiger charge is -2.00. The zero-order chi connectivity index (χ0) is 8.81. The van der Waals surface area contributed by atoms with Crippen molar-refractivity contribution in [2.45, 2.75) is 12.8 Å². The lowest BCUT2D eigenvalue weighted by atomic mass is 10.1. The summed E-state index contributed by atoms with van der Waals surface area (Å²) in [5.74, 6) is 0.618. The number of pyridine rings is 1. The van der Waals surface area contributed by atoms with Gasteiger partial charge in [0.2, 0.25) is 0 Å². The fourth-order valence-corrected chi connectivity index (χ4v) is 1.16. The van der Waals surface area contributed by atoms with Crippen molar-refractivity contribution in [2.24, 2.45) is 0 Å². The second-order valence-corrected chi connectivity index (χ2v) is 2.84. The van der Waals surface area contributed by atoms with Gasteiger partial charge < -0.3 is 0 Å². The van der Waals surface area contributed by atoms with E-state index < -0.39 is 0 Å². The van der Waals surface area contributed by atoms with Gasteiger partial charge in [-0.2, -0.15) is 0 Å². The molecule has 0 fully saturated rings. The van der Waals surface area contributed by atoms with Crippen LogP contribution in [0.25, 0.3) is 0 Å². The summed E-state index contributed by atoms with van der Waals surface area (Å²) >= 11 is 5.54. The molecule has 1 heterocycles. The van der Waals surface area contributed by atoms with E-state index in [1.165, 1.54) is 0 Å². The van der Waals surface area contributed by atoms with E-state index in [1.54, 1.807) is 6.20 Å². The number of carbonyl (C=O) groups is 1. The van der Waals surface area contributed by atoms with Gasteiger partial charge in [0.05, 0.1) is 0 Å². The van der Waals surface area contributed by atoms with Gasteiger partial charge in [0.15, 0.2) is 6.29 Å². The Kier molecular flexibility index (Phi) is 3.74. The van der Waals surface area contributed by atoms with Crippen LogP contribution < -0.4 is 0 Å². The van der Waals surface area contributed by atoms with E-state index in [4.69, 9.17) is 11.6 Å². The van der Waals surface area contributed by atoms with Crippen LogP contribution in [0.3, 0.4) is 0 Å². The molecular formula is C9H10ClNO. The fourth-order valence-electron chi connectivity index (χ4n) is 1.03. The first-order valence-corrected chi connectivity index (χ1v) is 4.37. The average molecular weight is 184 g/mol. The summed E-state index contributed by atoms with van der Waals surface area (Å²) < 4.78 is 0. The molecule has 1 aromatic heterocycles. The second-order valence-electron chi connectivity index (χ2n) is 2.46. The summed E-state index contributed by atoms with van der Waals surface area (Å²) in [4.78, 5) is 14.4. The van der Waals surface area contributed by atoms with Crippen LogP contribution >= 0.6 is 11.6 Å². The number of nitrogens with zero attached hydrogens (tertiary/aromatic N) is 1. The minimum absolute atomic E-state index is 0.530. The van der Waals surface area contributed by atoms with E-state index in [1.807, 2.05) is 12.1 Å². The van der Waals surface area contributed by atoms with Gasteiger partial charge >= 0.3 is 0 Å². The van der Waals surface area contributed by atoms with Crippen molar-refractivity contribution in [3.05, 3.63) is 29.6 Å².